The molecule has 0 saturated heterocycles. The lowest BCUT2D eigenvalue weighted by atomic mass is 9.66. The molecule has 12 aromatic rings. The second-order valence-electron chi connectivity index (χ2n) is 20.2. The van der Waals surface area contributed by atoms with Crippen molar-refractivity contribution in [2.24, 2.45) is 0 Å². The number of benzene rings is 12. The summed E-state index contributed by atoms with van der Waals surface area (Å²) in [4.78, 5) is 2.56. The molecule has 0 aromatic heterocycles. The van der Waals surface area contributed by atoms with Crippen LogP contribution in [-0.4, -0.2) is 0 Å². The third-order valence-corrected chi connectivity index (χ3v) is 16.6. The first-order valence-corrected chi connectivity index (χ1v) is 25.9. The number of hydrogen-bond acceptors (Lipinski definition) is 3. The van der Waals surface area contributed by atoms with Gasteiger partial charge in [-0.25, -0.2) is 0 Å². The van der Waals surface area contributed by atoms with E-state index in [-0.39, 0.29) is 0 Å². The molecule has 3 heteroatoms. The van der Waals surface area contributed by atoms with E-state index in [0.29, 0.717) is 0 Å². The Morgan fingerprint density at radius 1 is 0.267 bits per heavy atom. The largest absolute Gasteiger partial charge is 0.457 e. The van der Waals surface area contributed by atoms with Gasteiger partial charge >= 0.3 is 0 Å². The van der Waals surface area contributed by atoms with Gasteiger partial charge in [-0.3, -0.25) is 0 Å². The van der Waals surface area contributed by atoms with Crippen molar-refractivity contribution in [2.75, 3.05) is 4.90 Å². The minimum Gasteiger partial charge on any atom is -0.457 e. The molecule has 2 aliphatic carbocycles. The van der Waals surface area contributed by atoms with Crippen molar-refractivity contribution >= 4 is 27.8 Å². The zero-order valence-corrected chi connectivity index (χ0v) is 40.7. The fraction of sp³-hybridized carbons (Fsp3) is 0.0278. The van der Waals surface area contributed by atoms with Crippen LogP contribution in [0.15, 0.2) is 273 Å². The molecule has 350 valence electrons. The summed E-state index contributed by atoms with van der Waals surface area (Å²) in [5, 5.41) is 2.33. The lowest BCUT2D eigenvalue weighted by molar-refractivity contribution is 0.436. The van der Waals surface area contributed by atoms with E-state index >= 15 is 0 Å². The first-order valence-electron chi connectivity index (χ1n) is 25.9. The van der Waals surface area contributed by atoms with Gasteiger partial charge in [0.25, 0.3) is 0 Å². The topological polar surface area (TPSA) is 21.7 Å². The molecule has 0 amide bonds. The van der Waals surface area contributed by atoms with Crippen LogP contribution in [0.2, 0.25) is 0 Å². The maximum atomic E-state index is 6.83. The maximum absolute atomic E-state index is 6.83. The Kier molecular flexibility index (Phi) is 8.88. The molecule has 0 radical (unpaired) electrons. The normalized spacial score (nSPS) is 14.0. The predicted molar refractivity (Wildman–Crippen MR) is 304 cm³/mol. The number of hydrogen-bond donors (Lipinski definition) is 0. The third-order valence-electron chi connectivity index (χ3n) is 16.6. The van der Waals surface area contributed by atoms with E-state index < -0.39 is 10.8 Å². The second kappa shape index (κ2) is 15.9. The summed E-state index contributed by atoms with van der Waals surface area (Å²) in [6.45, 7) is 0. The van der Waals surface area contributed by atoms with Gasteiger partial charge in [-0.2, -0.15) is 0 Å². The fourth-order valence-corrected chi connectivity index (χ4v) is 13.6. The van der Waals surface area contributed by atoms with E-state index in [1.807, 2.05) is 0 Å². The molecule has 2 aliphatic heterocycles. The monoisotopic (exact) mass is 955 g/mol. The summed E-state index contributed by atoms with van der Waals surface area (Å²) in [7, 11) is 0. The summed E-state index contributed by atoms with van der Waals surface area (Å²) >= 11 is 0. The zero-order chi connectivity index (χ0) is 49.2. The first-order chi connectivity index (χ1) is 37.2. The zero-order valence-electron chi connectivity index (χ0n) is 40.7. The van der Waals surface area contributed by atoms with Gasteiger partial charge in [-0.05, 0) is 121 Å². The van der Waals surface area contributed by atoms with E-state index in [2.05, 4.69) is 278 Å². The highest BCUT2D eigenvalue weighted by Gasteiger charge is 2.54. The SMILES string of the molecule is c1ccc(-c2ccc(-c3ccc(N(c4ccc5c(c4)C4(c6ccccc6Oc6ccccc64)c4ccccc4-5)c4c5c(cc6ccccc46)C4(c6ccccc6Oc6ccccc64)c4ccccc4-5)cc3)cc2)cc1. The fourth-order valence-electron chi connectivity index (χ4n) is 13.6. The van der Waals surface area contributed by atoms with Crippen molar-refractivity contribution in [3.63, 3.8) is 0 Å². The van der Waals surface area contributed by atoms with Crippen molar-refractivity contribution in [3.05, 3.63) is 317 Å². The van der Waals surface area contributed by atoms with Gasteiger partial charge in [0.15, 0.2) is 0 Å². The summed E-state index contributed by atoms with van der Waals surface area (Å²) < 4.78 is 13.6. The molecule has 0 fully saturated rings. The van der Waals surface area contributed by atoms with Crippen LogP contribution in [0.3, 0.4) is 0 Å². The van der Waals surface area contributed by atoms with Crippen LogP contribution in [0, 0.1) is 0 Å². The predicted octanol–water partition coefficient (Wildman–Crippen LogP) is 18.6. The number of ether oxygens (including phenoxy) is 2. The van der Waals surface area contributed by atoms with Gasteiger partial charge in [0, 0.05) is 44.6 Å². The van der Waals surface area contributed by atoms with E-state index in [9.17, 15) is 0 Å². The van der Waals surface area contributed by atoms with Crippen molar-refractivity contribution in [2.45, 2.75) is 10.8 Å². The Bertz CT molecular complexity index is 4220. The summed E-state index contributed by atoms with van der Waals surface area (Å²) in [5.74, 6) is 3.50. The molecule has 16 rings (SSSR count). The highest BCUT2D eigenvalue weighted by atomic mass is 16.5. The minimum atomic E-state index is -0.670. The summed E-state index contributed by atoms with van der Waals surface area (Å²) in [6, 6.07) is 100. The van der Waals surface area contributed by atoms with Gasteiger partial charge in [0.05, 0.1) is 16.5 Å². The highest BCUT2D eigenvalue weighted by Crippen LogP contribution is 2.67. The Morgan fingerprint density at radius 2 is 0.667 bits per heavy atom. The molecule has 75 heavy (non-hydrogen) atoms. The van der Waals surface area contributed by atoms with Crippen molar-refractivity contribution < 1.29 is 9.47 Å². The number of fused-ring (bicyclic) bond motifs is 19. The van der Waals surface area contributed by atoms with Gasteiger partial charge in [0.2, 0.25) is 0 Å². The average Bonchev–Trinajstić information content (AvgIpc) is 3.93. The molecule has 12 aromatic carbocycles. The van der Waals surface area contributed by atoms with Crippen LogP contribution in [0.1, 0.15) is 44.5 Å². The number of rotatable bonds is 5. The summed E-state index contributed by atoms with van der Waals surface area (Å²) in [6.07, 6.45) is 0. The standard InChI is InChI=1S/C72H45NO2/c1-2-18-46(19-3-1)47-34-36-48(37-35-47)49-38-40-51(41-39-49)73(52-42-43-55-54-22-6-8-24-57(54)71(63(55)45-52)59-26-10-14-30-65(59)74-66-31-15-11-27-60(66)71)70-53-21-5-4-20-50(53)44-64-69(70)56-23-7-9-25-58(56)72(64)61-28-12-16-32-67(61)75-68-33-17-13-29-62(68)72/h1-45H. The van der Waals surface area contributed by atoms with Gasteiger partial charge in [0.1, 0.15) is 23.0 Å². The number of anilines is 3. The number of nitrogens with zero attached hydrogens (tertiary/aromatic N) is 1. The molecule has 0 saturated carbocycles. The van der Waals surface area contributed by atoms with Gasteiger partial charge < -0.3 is 14.4 Å². The third kappa shape index (κ3) is 5.75. The highest BCUT2D eigenvalue weighted by molar-refractivity contribution is 6.11. The van der Waals surface area contributed by atoms with E-state index in [1.165, 1.54) is 61.2 Å². The molecular weight excluding hydrogens is 911 g/mol. The minimum absolute atomic E-state index is 0.651. The van der Waals surface area contributed by atoms with Gasteiger partial charge in [-0.1, -0.05) is 218 Å². The lowest BCUT2D eigenvalue weighted by Gasteiger charge is -2.40. The quantitative estimate of drug-likeness (QED) is 0.172. The molecule has 4 aliphatic rings. The molecule has 0 bridgehead atoms. The molecular formula is C72H45NO2. The van der Waals surface area contributed by atoms with Gasteiger partial charge in [-0.15, -0.1) is 0 Å². The van der Waals surface area contributed by atoms with Crippen LogP contribution in [0.25, 0.3) is 55.3 Å². The van der Waals surface area contributed by atoms with E-state index in [1.54, 1.807) is 0 Å². The van der Waals surface area contributed by atoms with Crippen LogP contribution in [-0.2, 0) is 10.8 Å². The van der Waals surface area contributed by atoms with Crippen molar-refractivity contribution in [3.8, 4) is 67.5 Å². The second-order valence-corrected chi connectivity index (χ2v) is 20.2. The molecule has 0 N–H and O–H groups in total. The van der Waals surface area contributed by atoms with Crippen LogP contribution >= 0.6 is 0 Å². The summed E-state index contributed by atoms with van der Waals surface area (Å²) in [5.41, 5.74) is 21.0. The van der Waals surface area contributed by atoms with E-state index in [4.69, 9.17) is 9.47 Å². The Labute approximate surface area is 435 Å². The molecule has 0 atom stereocenters. The van der Waals surface area contributed by atoms with Crippen LogP contribution in [0.4, 0.5) is 17.1 Å². The molecule has 3 nitrogen and oxygen atoms in total. The molecule has 2 heterocycles. The Morgan fingerprint density at radius 3 is 1.24 bits per heavy atom. The van der Waals surface area contributed by atoms with Crippen LogP contribution < -0.4 is 14.4 Å². The Hall–Kier alpha value is -9.70. The number of para-hydroxylation sites is 4. The maximum Gasteiger partial charge on any atom is 0.132 e. The smallest absolute Gasteiger partial charge is 0.132 e. The van der Waals surface area contributed by atoms with E-state index in [0.717, 1.165) is 78.6 Å². The average molecular weight is 956 g/mol. The van der Waals surface area contributed by atoms with Crippen LogP contribution in [0.5, 0.6) is 23.0 Å². The lowest BCUT2D eigenvalue weighted by Crippen LogP contribution is -2.32. The molecule has 2 spiro atoms. The molecule has 0 unspecified atom stereocenters. The van der Waals surface area contributed by atoms with Crippen molar-refractivity contribution in [1.82, 2.24) is 0 Å². The first kappa shape index (κ1) is 41.9. The Balaban J connectivity index is 0.994. The van der Waals surface area contributed by atoms with Crippen molar-refractivity contribution in [1.29, 1.82) is 0 Å².